The first kappa shape index (κ1) is 16.5. The molecule has 0 amide bonds. The molecule has 1 heterocycles. The van der Waals surface area contributed by atoms with Crippen LogP contribution >= 0.6 is 0 Å². The first-order chi connectivity index (χ1) is 12.8. The highest BCUT2D eigenvalue weighted by Gasteiger charge is 2.05. The second-order valence-corrected chi connectivity index (χ2v) is 6.86. The molecule has 2 nitrogen and oxygen atoms in total. The standard InChI is InChI=1S/C24H24N2/c1-18-10-12-19(13-11-18)16-20-6-2-4-8-23(20)25-15-14-21-17-26-24-9-5-3-7-22(21)24/h2-13,17,25-26H,14-16H2,1H3. The predicted molar refractivity (Wildman–Crippen MR) is 111 cm³/mol. The Morgan fingerprint density at radius 2 is 1.58 bits per heavy atom. The van der Waals surface area contributed by atoms with Crippen molar-refractivity contribution < 1.29 is 0 Å². The van der Waals surface area contributed by atoms with Crippen LogP contribution in [0.4, 0.5) is 5.69 Å². The van der Waals surface area contributed by atoms with E-state index in [2.05, 4.69) is 96.2 Å². The molecule has 3 aromatic carbocycles. The van der Waals surface area contributed by atoms with Crippen LogP contribution in [0.15, 0.2) is 79.0 Å². The van der Waals surface area contributed by atoms with Gasteiger partial charge in [-0.1, -0.05) is 66.2 Å². The van der Waals surface area contributed by atoms with E-state index in [1.807, 2.05) is 0 Å². The highest BCUT2D eigenvalue weighted by atomic mass is 14.9. The zero-order valence-corrected chi connectivity index (χ0v) is 15.1. The zero-order valence-electron chi connectivity index (χ0n) is 15.1. The molecule has 0 atom stereocenters. The molecule has 0 aliphatic rings. The lowest BCUT2D eigenvalue weighted by Crippen LogP contribution is -2.07. The second kappa shape index (κ2) is 7.49. The summed E-state index contributed by atoms with van der Waals surface area (Å²) in [6.45, 7) is 3.05. The molecule has 0 aliphatic heterocycles. The summed E-state index contributed by atoms with van der Waals surface area (Å²) < 4.78 is 0. The highest BCUT2D eigenvalue weighted by molar-refractivity contribution is 5.83. The molecular weight excluding hydrogens is 316 g/mol. The van der Waals surface area contributed by atoms with E-state index in [0.29, 0.717) is 0 Å². The van der Waals surface area contributed by atoms with Gasteiger partial charge in [0.05, 0.1) is 0 Å². The van der Waals surface area contributed by atoms with Crippen molar-refractivity contribution in [1.29, 1.82) is 0 Å². The summed E-state index contributed by atoms with van der Waals surface area (Å²) in [5.41, 5.74) is 7.80. The van der Waals surface area contributed by atoms with Crippen molar-refractivity contribution in [3.05, 3.63) is 101 Å². The van der Waals surface area contributed by atoms with E-state index in [0.717, 1.165) is 19.4 Å². The van der Waals surface area contributed by atoms with Gasteiger partial charge in [-0.05, 0) is 48.6 Å². The number of nitrogens with one attached hydrogen (secondary N) is 2. The Labute approximate surface area is 154 Å². The number of hydrogen-bond acceptors (Lipinski definition) is 1. The molecule has 0 radical (unpaired) electrons. The van der Waals surface area contributed by atoms with Gasteiger partial charge in [0.25, 0.3) is 0 Å². The van der Waals surface area contributed by atoms with Gasteiger partial charge in [-0.3, -0.25) is 0 Å². The summed E-state index contributed by atoms with van der Waals surface area (Å²) in [6.07, 6.45) is 4.09. The molecule has 4 aromatic rings. The van der Waals surface area contributed by atoms with Crippen LogP contribution in [0.2, 0.25) is 0 Å². The second-order valence-electron chi connectivity index (χ2n) is 6.86. The monoisotopic (exact) mass is 340 g/mol. The fourth-order valence-corrected chi connectivity index (χ4v) is 3.44. The van der Waals surface area contributed by atoms with Crippen LogP contribution in [0.25, 0.3) is 10.9 Å². The summed E-state index contributed by atoms with van der Waals surface area (Å²) in [7, 11) is 0. The van der Waals surface area contributed by atoms with Gasteiger partial charge in [0.1, 0.15) is 0 Å². The normalized spacial score (nSPS) is 11.0. The molecular formula is C24H24N2. The maximum atomic E-state index is 3.63. The van der Waals surface area contributed by atoms with Gasteiger partial charge in [0.15, 0.2) is 0 Å². The Balaban J connectivity index is 1.44. The molecule has 2 N–H and O–H groups in total. The van der Waals surface area contributed by atoms with E-state index in [1.54, 1.807) is 0 Å². The number of anilines is 1. The van der Waals surface area contributed by atoms with E-state index in [9.17, 15) is 0 Å². The number of aromatic nitrogens is 1. The van der Waals surface area contributed by atoms with Gasteiger partial charge < -0.3 is 10.3 Å². The first-order valence-electron chi connectivity index (χ1n) is 9.22. The zero-order chi connectivity index (χ0) is 17.8. The minimum Gasteiger partial charge on any atom is -0.384 e. The highest BCUT2D eigenvalue weighted by Crippen LogP contribution is 2.21. The van der Waals surface area contributed by atoms with Crippen molar-refractivity contribution in [2.75, 3.05) is 11.9 Å². The summed E-state index contributed by atoms with van der Waals surface area (Å²) in [4.78, 5) is 3.36. The smallest absolute Gasteiger partial charge is 0.0456 e. The molecule has 0 saturated carbocycles. The van der Waals surface area contributed by atoms with Crippen LogP contribution in [0, 0.1) is 6.92 Å². The largest absolute Gasteiger partial charge is 0.384 e. The van der Waals surface area contributed by atoms with E-state index < -0.39 is 0 Å². The third kappa shape index (κ3) is 3.65. The van der Waals surface area contributed by atoms with E-state index >= 15 is 0 Å². The molecule has 0 aliphatic carbocycles. The Morgan fingerprint density at radius 3 is 2.46 bits per heavy atom. The van der Waals surface area contributed by atoms with Crippen LogP contribution in [-0.2, 0) is 12.8 Å². The van der Waals surface area contributed by atoms with Crippen molar-refractivity contribution in [2.24, 2.45) is 0 Å². The van der Waals surface area contributed by atoms with Gasteiger partial charge in [-0.15, -0.1) is 0 Å². The lowest BCUT2D eigenvalue weighted by molar-refractivity contribution is 1.02. The number of para-hydroxylation sites is 2. The van der Waals surface area contributed by atoms with E-state index in [1.165, 1.54) is 38.8 Å². The molecule has 130 valence electrons. The SMILES string of the molecule is Cc1ccc(Cc2ccccc2NCCc2c[nH]c3ccccc23)cc1. The minimum absolute atomic E-state index is 0.923. The van der Waals surface area contributed by atoms with Crippen LogP contribution in [0.5, 0.6) is 0 Å². The average molecular weight is 340 g/mol. The van der Waals surface area contributed by atoms with Gasteiger partial charge in [-0.2, -0.15) is 0 Å². The minimum atomic E-state index is 0.923. The van der Waals surface area contributed by atoms with Gasteiger partial charge >= 0.3 is 0 Å². The number of fused-ring (bicyclic) bond motifs is 1. The average Bonchev–Trinajstić information content (AvgIpc) is 3.08. The first-order valence-corrected chi connectivity index (χ1v) is 9.22. The van der Waals surface area contributed by atoms with Crippen LogP contribution < -0.4 is 5.32 Å². The van der Waals surface area contributed by atoms with Crippen LogP contribution in [0.1, 0.15) is 22.3 Å². The van der Waals surface area contributed by atoms with Crippen molar-refractivity contribution in [3.63, 3.8) is 0 Å². The van der Waals surface area contributed by atoms with Gasteiger partial charge in [0, 0.05) is 29.3 Å². The lowest BCUT2D eigenvalue weighted by Gasteiger charge is -2.12. The maximum Gasteiger partial charge on any atom is 0.0456 e. The number of H-pyrrole nitrogens is 1. The van der Waals surface area contributed by atoms with Gasteiger partial charge in [-0.25, -0.2) is 0 Å². The number of aryl methyl sites for hydroxylation is 1. The summed E-state index contributed by atoms with van der Waals surface area (Å²) in [6, 6.07) is 25.9. The maximum absolute atomic E-state index is 3.63. The quantitative estimate of drug-likeness (QED) is 0.461. The molecule has 2 heteroatoms. The van der Waals surface area contributed by atoms with E-state index in [4.69, 9.17) is 0 Å². The number of aromatic amines is 1. The number of benzene rings is 3. The van der Waals surface area contributed by atoms with Crippen molar-refractivity contribution >= 4 is 16.6 Å². The Hall–Kier alpha value is -3.00. The Bertz CT molecular complexity index is 996. The van der Waals surface area contributed by atoms with Gasteiger partial charge in [0.2, 0.25) is 0 Å². The fraction of sp³-hybridized carbons (Fsp3) is 0.167. The van der Waals surface area contributed by atoms with Crippen molar-refractivity contribution in [3.8, 4) is 0 Å². The lowest BCUT2D eigenvalue weighted by atomic mass is 10.0. The molecule has 0 bridgehead atoms. The van der Waals surface area contributed by atoms with Crippen molar-refractivity contribution in [2.45, 2.75) is 19.8 Å². The molecule has 1 aromatic heterocycles. The predicted octanol–water partition coefficient (Wildman–Crippen LogP) is 5.72. The van der Waals surface area contributed by atoms with Crippen molar-refractivity contribution in [1.82, 2.24) is 4.98 Å². The molecule has 0 unspecified atom stereocenters. The molecule has 0 fully saturated rings. The fourth-order valence-electron chi connectivity index (χ4n) is 3.44. The van der Waals surface area contributed by atoms with Crippen LogP contribution in [-0.4, -0.2) is 11.5 Å². The van der Waals surface area contributed by atoms with Crippen LogP contribution in [0.3, 0.4) is 0 Å². The molecule has 0 saturated heterocycles. The molecule has 26 heavy (non-hydrogen) atoms. The molecule has 0 spiro atoms. The number of hydrogen-bond donors (Lipinski definition) is 2. The van der Waals surface area contributed by atoms with E-state index in [-0.39, 0.29) is 0 Å². The third-order valence-corrected chi connectivity index (χ3v) is 4.92. The summed E-state index contributed by atoms with van der Waals surface area (Å²) in [5, 5.41) is 4.96. The third-order valence-electron chi connectivity index (χ3n) is 4.92. The Kier molecular flexibility index (Phi) is 4.74. The number of rotatable bonds is 6. The summed E-state index contributed by atoms with van der Waals surface area (Å²) in [5.74, 6) is 0. The summed E-state index contributed by atoms with van der Waals surface area (Å²) >= 11 is 0. The molecule has 4 rings (SSSR count). The topological polar surface area (TPSA) is 27.8 Å². The Morgan fingerprint density at radius 1 is 0.808 bits per heavy atom.